The Morgan fingerprint density at radius 3 is 2.33 bits per heavy atom. The Morgan fingerprint density at radius 1 is 0.778 bits per heavy atom. The zero-order chi connectivity index (χ0) is 18.2. The molecule has 0 aliphatic heterocycles. The van der Waals surface area contributed by atoms with Gasteiger partial charge in [-0.1, -0.05) is 66.2 Å². The molecule has 0 aliphatic rings. The quantitative estimate of drug-likeness (QED) is 0.439. The van der Waals surface area contributed by atoms with Gasteiger partial charge in [0.05, 0.1) is 11.2 Å². The van der Waals surface area contributed by atoms with Crippen molar-refractivity contribution in [3.8, 4) is 11.3 Å². The third-order valence-corrected chi connectivity index (χ3v) is 4.83. The molecule has 0 saturated heterocycles. The van der Waals surface area contributed by atoms with E-state index in [2.05, 4.69) is 5.10 Å². The van der Waals surface area contributed by atoms with Gasteiger partial charge in [0.15, 0.2) is 5.65 Å². The normalized spacial score (nSPS) is 11.3. The molecule has 0 unspecified atom stereocenters. The van der Waals surface area contributed by atoms with Crippen molar-refractivity contribution < 1.29 is 0 Å². The van der Waals surface area contributed by atoms with E-state index in [-0.39, 0.29) is 0 Å². The number of nitrogens with zero attached hydrogens (tertiary/aromatic N) is 4. The lowest BCUT2D eigenvalue weighted by atomic mass is 10.0. The minimum absolute atomic E-state index is 0.671. The summed E-state index contributed by atoms with van der Waals surface area (Å²) in [4.78, 5) is 4.96. The van der Waals surface area contributed by atoms with Crippen LogP contribution in [0.4, 0.5) is 0 Å². The van der Waals surface area contributed by atoms with Crippen LogP contribution in [0.1, 0.15) is 11.3 Å². The van der Waals surface area contributed by atoms with Gasteiger partial charge in [-0.2, -0.15) is 0 Å². The van der Waals surface area contributed by atoms with E-state index in [1.54, 1.807) is 4.63 Å². The first-order valence-corrected chi connectivity index (χ1v) is 9.10. The molecule has 0 radical (unpaired) electrons. The van der Waals surface area contributed by atoms with Gasteiger partial charge in [-0.25, -0.2) is 4.98 Å². The third kappa shape index (κ3) is 2.94. The molecule has 130 valence electrons. The maximum Gasteiger partial charge on any atom is 0.184 e. The van der Waals surface area contributed by atoms with E-state index in [0.717, 1.165) is 44.1 Å². The third-order valence-electron chi connectivity index (χ3n) is 4.58. The minimum Gasteiger partial charge on any atom is -0.229 e. The van der Waals surface area contributed by atoms with Gasteiger partial charge in [-0.3, -0.25) is 0 Å². The van der Waals surface area contributed by atoms with Gasteiger partial charge in [0, 0.05) is 22.4 Å². The summed E-state index contributed by atoms with van der Waals surface area (Å²) in [5, 5.41) is 11.1. The van der Waals surface area contributed by atoms with Gasteiger partial charge in [-0.15, -0.1) is 14.8 Å². The van der Waals surface area contributed by atoms with Crippen LogP contribution in [0.25, 0.3) is 27.8 Å². The fourth-order valence-electron chi connectivity index (χ4n) is 3.25. The van der Waals surface area contributed by atoms with E-state index >= 15 is 0 Å². The highest BCUT2D eigenvalue weighted by Crippen LogP contribution is 2.25. The molecule has 27 heavy (non-hydrogen) atoms. The highest BCUT2D eigenvalue weighted by atomic mass is 35.5. The molecule has 0 amide bonds. The zero-order valence-electron chi connectivity index (χ0n) is 14.4. The van der Waals surface area contributed by atoms with Gasteiger partial charge >= 0.3 is 0 Å². The number of hydrogen-bond acceptors (Lipinski definition) is 3. The second kappa shape index (κ2) is 6.49. The smallest absolute Gasteiger partial charge is 0.184 e. The predicted molar refractivity (Wildman–Crippen MR) is 108 cm³/mol. The highest BCUT2D eigenvalue weighted by molar-refractivity contribution is 6.30. The standard InChI is InChI=1S/C22H15ClN4/c23-17-12-10-15(11-13-17)14-20-21(16-6-2-1-3-7-16)26-27-22(24-20)18-8-4-5-9-19(18)25-27/h1-13H,14H2. The summed E-state index contributed by atoms with van der Waals surface area (Å²) in [6, 6.07) is 25.9. The van der Waals surface area contributed by atoms with Crippen molar-refractivity contribution in [3.05, 3.63) is 95.1 Å². The molecule has 0 fully saturated rings. The van der Waals surface area contributed by atoms with E-state index in [9.17, 15) is 0 Å². The molecular formula is C22H15ClN4. The summed E-state index contributed by atoms with van der Waals surface area (Å²) < 4.78 is 1.64. The van der Waals surface area contributed by atoms with E-state index in [0.29, 0.717) is 6.42 Å². The molecule has 0 atom stereocenters. The average molecular weight is 371 g/mol. The van der Waals surface area contributed by atoms with E-state index in [4.69, 9.17) is 21.7 Å². The fourth-order valence-corrected chi connectivity index (χ4v) is 3.38. The number of rotatable bonds is 3. The van der Waals surface area contributed by atoms with Gasteiger partial charge in [0.1, 0.15) is 5.69 Å². The molecule has 5 aromatic rings. The molecule has 2 heterocycles. The minimum atomic E-state index is 0.671. The van der Waals surface area contributed by atoms with Gasteiger partial charge in [-0.05, 0) is 29.8 Å². The molecule has 0 bridgehead atoms. The van der Waals surface area contributed by atoms with Gasteiger partial charge < -0.3 is 0 Å². The van der Waals surface area contributed by atoms with Gasteiger partial charge in [0.2, 0.25) is 0 Å². The fraction of sp³-hybridized carbons (Fsp3) is 0.0455. The Kier molecular flexibility index (Phi) is 3.84. The predicted octanol–water partition coefficient (Wildman–Crippen LogP) is 5.19. The molecule has 0 saturated carbocycles. The number of halogens is 1. The van der Waals surface area contributed by atoms with Crippen LogP contribution in [0.5, 0.6) is 0 Å². The molecule has 4 nitrogen and oxygen atoms in total. The first kappa shape index (κ1) is 16.0. The van der Waals surface area contributed by atoms with Crippen LogP contribution in [0.2, 0.25) is 5.02 Å². The van der Waals surface area contributed by atoms with Crippen molar-refractivity contribution >= 4 is 28.2 Å². The maximum atomic E-state index is 6.03. The average Bonchev–Trinajstić information content (AvgIpc) is 3.07. The van der Waals surface area contributed by atoms with Crippen LogP contribution in [-0.2, 0) is 6.42 Å². The van der Waals surface area contributed by atoms with Crippen molar-refractivity contribution in [2.24, 2.45) is 0 Å². The zero-order valence-corrected chi connectivity index (χ0v) is 15.1. The first-order chi connectivity index (χ1) is 13.3. The monoisotopic (exact) mass is 370 g/mol. The van der Waals surface area contributed by atoms with Crippen molar-refractivity contribution in [3.63, 3.8) is 0 Å². The molecule has 0 N–H and O–H groups in total. The summed E-state index contributed by atoms with van der Waals surface area (Å²) in [6.07, 6.45) is 0.671. The summed E-state index contributed by atoms with van der Waals surface area (Å²) >= 11 is 6.03. The van der Waals surface area contributed by atoms with E-state index < -0.39 is 0 Å². The van der Waals surface area contributed by atoms with Crippen molar-refractivity contribution in [1.82, 2.24) is 19.8 Å². The molecule has 5 heteroatoms. The number of hydrogen-bond donors (Lipinski definition) is 0. The van der Waals surface area contributed by atoms with Crippen LogP contribution in [-0.4, -0.2) is 19.8 Å². The van der Waals surface area contributed by atoms with Crippen LogP contribution in [0.15, 0.2) is 78.9 Å². The Hall–Kier alpha value is -3.24. The lowest BCUT2D eigenvalue weighted by Crippen LogP contribution is -2.05. The van der Waals surface area contributed by atoms with Crippen molar-refractivity contribution in [2.45, 2.75) is 6.42 Å². The molecule has 0 spiro atoms. The molecular weight excluding hydrogens is 356 g/mol. The van der Waals surface area contributed by atoms with E-state index in [1.807, 2.05) is 78.9 Å². The molecule has 0 aliphatic carbocycles. The Labute approximate surface area is 161 Å². The van der Waals surface area contributed by atoms with Crippen molar-refractivity contribution in [2.75, 3.05) is 0 Å². The second-order valence-corrected chi connectivity index (χ2v) is 6.84. The van der Waals surface area contributed by atoms with Crippen LogP contribution < -0.4 is 0 Å². The van der Waals surface area contributed by atoms with Crippen LogP contribution >= 0.6 is 11.6 Å². The Balaban J connectivity index is 1.74. The van der Waals surface area contributed by atoms with Crippen LogP contribution in [0, 0.1) is 0 Å². The summed E-state index contributed by atoms with van der Waals surface area (Å²) in [7, 11) is 0. The summed E-state index contributed by atoms with van der Waals surface area (Å²) in [5.74, 6) is 0. The largest absolute Gasteiger partial charge is 0.229 e. The SMILES string of the molecule is Clc1ccc(Cc2nc3c4ccccc4nn3nc2-c2ccccc2)cc1. The van der Waals surface area contributed by atoms with Crippen molar-refractivity contribution in [1.29, 1.82) is 0 Å². The topological polar surface area (TPSA) is 43.1 Å². The number of fused-ring (bicyclic) bond motifs is 3. The Morgan fingerprint density at radius 2 is 1.52 bits per heavy atom. The summed E-state index contributed by atoms with van der Waals surface area (Å²) in [6.45, 7) is 0. The lowest BCUT2D eigenvalue weighted by Gasteiger charge is -2.09. The van der Waals surface area contributed by atoms with Crippen LogP contribution in [0.3, 0.4) is 0 Å². The molecule has 5 rings (SSSR count). The maximum absolute atomic E-state index is 6.03. The molecule has 3 aromatic carbocycles. The number of aromatic nitrogens is 4. The number of benzene rings is 3. The molecule has 2 aromatic heterocycles. The Bertz CT molecular complexity index is 1240. The second-order valence-electron chi connectivity index (χ2n) is 6.41. The summed E-state index contributed by atoms with van der Waals surface area (Å²) in [5.41, 5.74) is 5.58. The van der Waals surface area contributed by atoms with E-state index in [1.165, 1.54) is 0 Å². The lowest BCUT2D eigenvalue weighted by molar-refractivity contribution is 0.785. The highest BCUT2D eigenvalue weighted by Gasteiger charge is 2.15. The first-order valence-electron chi connectivity index (χ1n) is 8.72. The van der Waals surface area contributed by atoms with Gasteiger partial charge in [0.25, 0.3) is 0 Å².